The SMILES string of the molecule is Cn1nc(-c2cnc(F)c(OCC3COC3)c2)nc1Nc1ccc(-c2ccnc(N)c2F)c(F)c1. The number of nitrogens with zero attached hydrogens (tertiary/aromatic N) is 5. The quantitative estimate of drug-likeness (QED) is 0.383. The Hall–Kier alpha value is -4.19. The average Bonchev–Trinajstić information content (AvgIpc) is 3.16. The molecule has 9 nitrogen and oxygen atoms in total. The highest BCUT2D eigenvalue weighted by atomic mass is 19.1. The first-order chi connectivity index (χ1) is 16.9. The Morgan fingerprint density at radius 2 is 1.97 bits per heavy atom. The average molecular weight is 483 g/mol. The molecule has 0 bridgehead atoms. The molecule has 35 heavy (non-hydrogen) atoms. The van der Waals surface area contributed by atoms with Crippen LogP contribution in [0.5, 0.6) is 5.75 Å². The Bertz CT molecular complexity index is 1390. The monoisotopic (exact) mass is 483 g/mol. The van der Waals surface area contributed by atoms with E-state index in [0.717, 1.165) is 0 Å². The van der Waals surface area contributed by atoms with Gasteiger partial charge in [-0.1, -0.05) is 0 Å². The number of nitrogen functional groups attached to an aromatic ring is 1. The number of rotatable bonds is 7. The van der Waals surface area contributed by atoms with E-state index >= 15 is 0 Å². The summed E-state index contributed by atoms with van der Waals surface area (Å²) in [5, 5.41) is 7.29. The molecule has 3 N–H and O–H groups in total. The van der Waals surface area contributed by atoms with E-state index in [1.54, 1.807) is 13.1 Å². The zero-order valence-corrected chi connectivity index (χ0v) is 18.5. The summed E-state index contributed by atoms with van der Waals surface area (Å²) >= 11 is 0. The fourth-order valence-electron chi connectivity index (χ4n) is 3.46. The smallest absolute Gasteiger partial charge is 0.255 e. The van der Waals surface area contributed by atoms with E-state index in [-0.39, 0.29) is 34.4 Å². The lowest BCUT2D eigenvalue weighted by molar-refractivity contribution is -0.0513. The Balaban J connectivity index is 1.35. The van der Waals surface area contributed by atoms with Gasteiger partial charge in [-0.15, -0.1) is 5.10 Å². The topological polar surface area (TPSA) is 113 Å². The minimum Gasteiger partial charge on any atom is -0.488 e. The first-order valence-electron chi connectivity index (χ1n) is 10.6. The first kappa shape index (κ1) is 22.6. The predicted molar refractivity (Wildman–Crippen MR) is 121 cm³/mol. The molecule has 5 rings (SSSR count). The molecule has 0 spiro atoms. The van der Waals surface area contributed by atoms with Gasteiger partial charge >= 0.3 is 0 Å². The molecule has 180 valence electrons. The van der Waals surface area contributed by atoms with Gasteiger partial charge in [0.2, 0.25) is 5.95 Å². The number of halogens is 3. The molecule has 0 aliphatic carbocycles. The third-order valence-corrected chi connectivity index (χ3v) is 5.44. The van der Waals surface area contributed by atoms with Crippen molar-refractivity contribution in [3.63, 3.8) is 0 Å². The lowest BCUT2D eigenvalue weighted by atomic mass is 10.1. The highest BCUT2D eigenvalue weighted by molar-refractivity contribution is 5.70. The number of pyridine rings is 2. The van der Waals surface area contributed by atoms with Gasteiger partial charge in [-0.05, 0) is 30.3 Å². The van der Waals surface area contributed by atoms with Crippen molar-refractivity contribution >= 4 is 17.5 Å². The van der Waals surface area contributed by atoms with Crippen molar-refractivity contribution in [1.82, 2.24) is 24.7 Å². The zero-order valence-electron chi connectivity index (χ0n) is 18.5. The van der Waals surface area contributed by atoms with Crippen molar-refractivity contribution in [2.45, 2.75) is 0 Å². The van der Waals surface area contributed by atoms with Gasteiger partial charge < -0.3 is 20.5 Å². The molecular formula is C23H20F3N7O2. The molecule has 1 aliphatic heterocycles. The van der Waals surface area contributed by atoms with Crippen molar-refractivity contribution < 1.29 is 22.6 Å². The van der Waals surface area contributed by atoms with Crippen LogP contribution in [0.4, 0.5) is 30.6 Å². The van der Waals surface area contributed by atoms with Crippen LogP contribution in [0.3, 0.4) is 0 Å². The van der Waals surface area contributed by atoms with Crippen LogP contribution in [-0.2, 0) is 11.8 Å². The largest absolute Gasteiger partial charge is 0.488 e. The summed E-state index contributed by atoms with van der Waals surface area (Å²) in [5.41, 5.74) is 6.34. The number of hydrogen-bond acceptors (Lipinski definition) is 8. The van der Waals surface area contributed by atoms with Crippen molar-refractivity contribution in [2.75, 3.05) is 30.9 Å². The standard InChI is InChI=1S/C23H20F3N7O2/c1-33-23(30-14-2-3-15(17(24)7-14)16-4-5-28-21(27)19(16)25)31-22(32-33)13-6-18(20(26)29-8-13)35-11-12-9-34-10-12/h2-8,12H,9-11H2,1H3,(H2,27,28)(H,30,31,32). The van der Waals surface area contributed by atoms with E-state index < -0.39 is 17.6 Å². The predicted octanol–water partition coefficient (Wildman–Crippen LogP) is 3.71. The molecule has 1 fully saturated rings. The van der Waals surface area contributed by atoms with Gasteiger partial charge in [0.25, 0.3) is 5.95 Å². The Labute approximate surface area is 197 Å². The highest BCUT2D eigenvalue weighted by Crippen LogP contribution is 2.30. The third-order valence-electron chi connectivity index (χ3n) is 5.44. The zero-order chi connectivity index (χ0) is 24.5. The number of ether oxygens (including phenoxy) is 2. The van der Waals surface area contributed by atoms with E-state index in [0.29, 0.717) is 37.0 Å². The van der Waals surface area contributed by atoms with Gasteiger partial charge in [-0.25, -0.2) is 23.4 Å². The highest BCUT2D eigenvalue weighted by Gasteiger charge is 2.21. The molecule has 1 aliphatic rings. The fraction of sp³-hybridized carbons (Fsp3) is 0.217. The molecule has 4 aromatic rings. The number of anilines is 3. The van der Waals surface area contributed by atoms with E-state index in [1.165, 1.54) is 41.3 Å². The number of hydrogen-bond donors (Lipinski definition) is 2. The van der Waals surface area contributed by atoms with Crippen LogP contribution in [0.1, 0.15) is 0 Å². The number of nitrogens with two attached hydrogens (primary N) is 1. The maximum absolute atomic E-state index is 14.8. The molecule has 12 heteroatoms. The molecule has 0 atom stereocenters. The summed E-state index contributed by atoms with van der Waals surface area (Å²) in [4.78, 5) is 11.8. The first-order valence-corrected chi connectivity index (χ1v) is 10.6. The second-order valence-electron chi connectivity index (χ2n) is 7.99. The summed E-state index contributed by atoms with van der Waals surface area (Å²) < 4.78 is 55.2. The molecule has 0 amide bonds. The normalized spacial score (nSPS) is 13.5. The molecule has 4 heterocycles. The van der Waals surface area contributed by atoms with Gasteiger partial charge in [0, 0.05) is 47.7 Å². The summed E-state index contributed by atoms with van der Waals surface area (Å²) in [5.74, 6) is -1.71. The second-order valence-corrected chi connectivity index (χ2v) is 7.99. The molecule has 0 unspecified atom stereocenters. The second kappa shape index (κ2) is 9.22. The summed E-state index contributed by atoms with van der Waals surface area (Å²) in [6, 6.07) is 7.02. The molecular weight excluding hydrogens is 463 g/mol. The number of benzene rings is 1. The maximum atomic E-state index is 14.8. The molecule has 1 saturated heterocycles. The van der Waals surface area contributed by atoms with Crippen LogP contribution in [0.2, 0.25) is 0 Å². The maximum Gasteiger partial charge on any atom is 0.255 e. The van der Waals surface area contributed by atoms with E-state index in [2.05, 4.69) is 25.4 Å². The molecule has 0 radical (unpaired) electrons. The van der Waals surface area contributed by atoms with E-state index in [9.17, 15) is 13.2 Å². The van der Waals surface area contributed by atoms with E-state index in [4.69, 9.17) is 15.2 Å². The fourth-order valence-corrected chi connectivity index (χ4v) is 3.46. The van der Waals surface area contributed by atoms with Gasteiger partial charge in [0.1, 0.15) is 5.82 Å². The van der Waals surface area contributed by atoms with Gasteiger partial charge in [-0.2, -0.15) is 9.37 Å². The van der Waals surface area contributed by atoms with Crippen molar-refractivity contribution in [2.24, 2.45) is 13.0 Å². The van der Waals surface area contributed by atoms with Crippen molar-refractivity contribution in [3.05, 3.63) is 60.3 Å². The number of nitrogens with one attached hydrogen (secondary N) is 1. The minimum absolute atomic E-state index is 0.00185. The van der Waals surface area contributed by atoms with Gasteiger partial charge in [-0.3, -0.25) is 0 Å². The lowest BCUT2D eigenvalue weighted by Crippen LogP contribution is -2.32. The summed E-state index contributed by atoms with van der Waals surface area (Å²) in [6.07, 6.45) is 2.61. The minimum atomic E-state index is -0.790. The lowest BCUT2D eigenvalue weighted by Gasteiger charge is -2.25. The van der Waals surface area contributed by atoms with Crippen LogP contribution in [-0.4, -0.2) is 44.6 Å². The van der Waals surface area contributed by atoms with Crippen molar-refractivity contribution in [3.8, 4) is 28.3 Å². The van der Waals surface area contributed by atoms with Crippen LogP contribution in [0.25, 0.3) is 22.5 Å². The Kier molecular flexibility index (Phi) is 5.95. The van der Waals surface area contributed by atoms with E-state index in [1.807, 2.05) is 0 Å². The van der Waals surface area contributed by atoms with Crippen LogP contribution in [0.15, 0.2) is 42.7 Å². The molecule has 3 aromatic heterocycles. The number of aryl methyl sites for hydroxylation is 1. The number of aromatic nitrogens is 5. The molecule has 1 aromatic carbocycles. The van der Waals surface area contributed by atoms with Gasteiger partial charge in [0.15, 0.2) is 23.2 Å². The van der Waals surface area contributed by atoms with Gasteiger partial charge in [0.05, 0.1) is 19.8 Å². The Morgan fingerprint density at radius 3 is 2.71 bits per heavy atom. The summed E-state index contributed by atoms with van der Waals surface area (Å²) in [7, 11) is 1.64. The summed E-state index contributed by atoms with van der Waals surface area (Å²) in [6.45, 7) is 1.49. The Morgan fingerprint density at radius 1 is 1.14 bits per heavy atom. The van der Waals surface area contributed by atoms with Crippen LogP contribution < -0.4 is 15.8 Å². The van der Waals surface area contributed by atoms with Crippen LogP contribution >= 0.6 is 0 Å². The molecule has 0 saturated carbocycles. The van der Waals surface area contributed by atoms with Crippen LogP contribution in [0, 0.1) is 23.5 Å². The van der Waals surface area contributed by atoms with Crippen molar-refractivity contribution in [1.29, 1.82) is 0 Å². The third kappa shape index (κ3) is 4.60.